The van der Waals surface area contributed by atoms with Crippen LogP contribution in [0.5, 0.6) is 0 Å². The van der Waals surface area contributed by atoms with Gasteiger partial charge in [-0.25, -0.2) is 0 Å². The van der Waals surface area contributed by atoms with E-state index in [9.17, 15) is 9.90 Å². The summed E-state index contributed by atoms with van der Waals surface area (Å²) in [7, 11) is 0. The Morgan fingerprint density at radius 1 is 1.21 bits per heavy atom. The first-order valence-electron chi connectivity index (χ1n) is 8.49. The van der Waals surface area contributed by atoms with E-state index in [4.69, 9.17) is 9.47 Å². The Labute approximate surface area is 151 Å². The monoisotopic (exact) mass is 396 g/mol. The predicted molar refractivity (Wildman–Crippen MR) is 96.2 cm³/mol. The first kappa shape index (κ1) is 18.1. The van der Waals surface area contributed by atoms with Crippen molar-refractivity contribution in [2.45, 2.75) is 39.2 Å². The number of carbonyl (C=O) groups is 1. The van der Waals surface area contributed by atoms with Crippen molar-refractivity contribution < 1.29 is 19.4 Å². The number of rotatable bonds is 7. The SMILES string of the molecule is CC1=C(COCCOCCBr)C2=C(C)C3(CC3)[C@@](C)(O)C(=O)C2=C1. The van der Waals surface area contributed by atoms with E-state index < -0.39 is 5.60 Å². The second kappa shape index (κ2) is 6.52. The number of allylic oxidation sites excluding steroid dienone is 2. The van der Waals surface area contributed by atoms with E-state index in [1.54, 1.807) is 6.92 Å². The highest BCUT2D eigenvalue weighted by molar-refractivity contribution is 9.09. The molecule has 1 N–H and O–H groups in total. The highest BCUT2D eigenvalue weighted by Gasteiger charge is 2.65. The van der Waals surface area contributed by atoms with Crippen LogP contribution in [0.2, 0.25) is 0 Å². The second-order valence-corrected chi connectivity index (χ2v) is 7.85. The highest BCUT2D eigenvalue weighted by atomic mass is 79.9. The van der Waals surface area contributed by atoms with E-state index in [2.05, 4.69) is 22.9 Å². The quantitative estimate of drug-likeness (QED) is 0.530. The maximum Gasteiger partial charge on any atom is 0.195 e. The van der Waals surface area contributed by atoms with Gasteiger partial charge in [-0.05, 0) is 56.4 Å². The summed E-state index contributed by atoms with van der Waals surface area (Å²) in [4.78, 5) is 12.8. The molecule has 1 atom stereocenters. The molecule has 0 bridgehead atoms. The number of hydrogen-bond acceptors (Lipinski definition) is 4. The third kappa shape index (κ3) is 2.66. The molecule has 0 amide bonds. The maximum atomic E-state index is 12.8. The lowest BCUT2D eigenvalue weighted by Crippen LogP contribution is -2.49. The first-order valence-corrected chi connectivity index (χ1v) is 9.61. The van der Waals surface area contributed by atoms with Crippen molar-refractivity contribution in [3.8, 4) is 0 Å². The second-order valence-electron chi connectivity index (χ2n) is 7.06. The van der Waals surface area contributed by atoms with Crippen LogP contribution in [0.4, 0.5) is 0 Å². The van der Waals surface area contributed by atoms with Gasteiger partial charge in [0.1, 0.15) is 5.60 Å². The van der Waals surface area contributed by atoms with E-state index in [-0.39, 0.29) is 11.2 Å². The number of carbonyl (C=O) groups excluding carboxylic acids is 1. The summed E-state index contributed by atoms with van der Waals surface area (Å²) in [6.45, 7) is 7.99. The molecule has 0 aromatic carbocycles. The molecule has 3 rings (SSSR count). The van der Waals surface area contributed by atoms with Crippen molar-refractivity contribution >= 4 is 21.7 Å². The summed E-state index contributed by atoms with van der Waals surface area (Å²) >= 11 is 3.32. The van der Waals surface area contributed by atoms with Gasteiger partial charge in [0.15, 0.2) is 5.78 Å². The Morgan fingerprint density at radius 3 is 2.50 bits per heavy atom. The zero-order valence-electron chi connectivity index (χ0n) is 14.6. The number of aliphatic hydroxyl groups is 1. The molecule has 0 aromatic rings. The zero-order chi connectivity index (χ0) is 17.5. The molecule has 3 aliphatic rings. The van der Waals surface area contributed by atoms with Gasteiger partial charge in [0.25, 0.3) is 0 Å². The van der Waals surface area contributed by atoms with Gasteiger partial charge in [-0.2, -0.15) is 0 Å². The van der Waals surface area contributed by atoms with Crippen LogP contribution in [0.1, 0.15) is 33.6 Å². The predicted octanol–water partition coefficient (Wildman–Crippen LogP) is 3.10. The lowest BCUT2D eigenvalue weighted by molar-refractivity contribution is -0.137. The third-order valence-electron chi connectivity index (χ3n) is 5.71. The molecule has 0 aromatic heterocycles. The molecule has 0 heterocycles. The molecule has 3 aliphatic carbocycles. The largest absolute Gasteiger partial charge is 0.381 e. The smallest absolute Gasteiger partial charge is 0.195 e. The minimum atomic E-state index is -1.29. The molecule has 24 heavy (non-hydrogen) atoms. The van der Waals surface area contributed by atoms with Crippen molar-refractivity contribution in [1.29, 1.82) is 0 Å². The van der Waals surface area contributed by atoms with Crippen LogP contribution in [-0.4, -0.2) is 48.2 Å². The maximum absolute atomic E-state index is 12.8. The summed E-state index contributed by atoms with van der Waals surface area (Å²) in [5.41, 5.74) is 3.30. The van der Waals surface area contributed by atoms with Crippen molar-refractivity contribution in [3.63, 3.8) is 0 Å². The van der Waals surface area contributed by atoms with Gasteiger partial charge >= 0.3 is 0 Å². The topological polar surface area (TPSA) is 55.8 Å². The Morgan fingerprint density at radius 2 is 1.88 bits per heavy atom. The minimum Gasteiger partial charge on any atom is -0.381 e. The fraction of sp³-hybridized carbons (Fsp3) is 0.632. The molecule has 1 fully saturated rings. The third-order valence-corrected chi connectivity index (χ3v) is 6.03. The summed E-state index contributed by atoms with van der Waals surface area (Å²) in [5.74, 6) is -0.143. The number of alkyl halides is 1. The van der Waals surface area contributed by atoms with E-state index in [1.165, 1.54) is 0 Å². The van der Waals surface area contributed by atoms with Gasteiger partial charge in [-0.3, -0.25) is 4.79 Å². The zero-order valence-corrected chi connectivity index (χ0v) is 16.2. The fourth-order valence-electron chi connectivity index (χ4n) is 4.05. The molecule has 0 saturated heterocycles. The molecule has 132 valence electrons. The standard InChI is InChI=1S/C19H25BrO4/c1-12-10-14-16(15(12)11-24-9-8-23-7-6-20)13(2)19(4-5-19)18(3,22)17(14)21/h10,22H,4-9,11H2,1-3H3/t18-/m0/s1. The molecule has 0 aliphatic heterocycles. The summed E-state index contributed by atoms with van der Waals surface area (Å²) in [6.07, 6.45) is 3.66. The number of halogens is 1. The van der Waals surface area contributed by atoms with Crippen LogP contribution in [0.25, 0.3) is 0 Å². The Bertz CT molecular complexity index is 650. The molecule has 4 nitrogen and oxygen atoms in total. The molecule has 5 heteroatoms. The van der Waals surface area contributed by atoms with E-state index in [0.29, 0.717) is 32.0 Å². The van der Waals surface area contributed by atoms with Crippen molar-refractivity contribution in [2.24, 2.45) is 5.41 Å². The van der Waals surface area contributed by atoms with Gasteiger partial charge in [-0.1, -0.05) is 21.5 Å². The van der Waals surface area contributed by atoms with Crippen molar-refractivity contribution in [1.82, 2.24) is 0 Å². The fourth-order valence-corrected chi connectivity index (χ4v) is 4.28. The minimum absolute atomic E-state index is 0.143. The number of fused-ring (bicyclic) bond motifs is 1. The van der Waals surface area contributed by atoms with Crippen LogP contribution >= 0.6 is 15.9 Å². The van der Waals surface area contributed by atoms with E-state index >= 15 is 0 Å². The molecule has 1 saturated carbocycles. The normalized spacial score (nSPS) is 27.9. The van der Waals surface area contributed by atoms with Crippen LogP contribution in [0.15, 0.2) is 33.9 Å². The molecule has 0 unspecified atom stereocenters. The van der Waals surface area contributed by atoms with Gasteiger partial charge in [0, 0.05) is 16.3 Å². The number of ether oxygens (including phenoxy) is 2. The van der Waals surface area contributed by atoms with E-state index in [1.807, 2.05) is 13.0 Å². The van der Waals surface area contributed by atoms with Gasteiger partial charge in [-0.15, -0.1) is 0 Å². The Balaban J connectivity index is 1.77. The van der Waals surface area contributed by atoms with Crippen LogP contribution in [0, 0.1) is 5.41 Å². The summed E-state index contributed by atoms with van der Waals surface area (Å²) < 4.78 is 11.2. The molecule has 1 spiro atoms. The first-order chi connectivity index (χ1) is 11.4. The van der Waals surface area contributed by atoms with Crippen molar-refractivity contribution in [3.05, 3.63) is 33.9 Å². The van der Waals surface area contributed by atoms with Gasteiger partial charge in [0.2, 0.25) is 0 Å². The Hall–Kier alpha value is -0.750. The lowest BCUT2D eigenvalue weighted by atomic mass is 9.67. The van der Waals surface area contributed by atoms with Gasteiger partial charge < -0.3 is 14.6 Å². The molecular weight excluding hydrogens is 372 g/mol. The number of ketones is 1. The van der Waals surface area contributed by atoms with Crippen LogP contribution in [0.3, 0.4) is 0 Å². The van der Waals surface area contributed by atoms with Crippen molar-refractivity contribution in [2.75, 3.05) is 31.8 Å². The highest BCUT2D eigenvalue weighted by Crippen LogP contribution is 2.64. The lowest BCUT2D eigenvalue weighted by Gasteiger charge is -2.39. The van der Waals surface area contributed by atoms with Crippen LogP contribution in [-0.2, 0) is 14.3 Å². The summed E-state index contributed by atoms with van der Waals surface area (Å²) in [5, 5.41) is 11.6. The van der Waals surface area contributed by atoms with Crippen LogP contribution < -0.4 is 0 Å². The number of Topliss-reactive ketones (excluding diaryl/α,β-unsaturated/α-hetero) is 1. The average Bonchev–Trinajstić information content (AvgIpc) is 3.29. The Kier molecular flexibility index (Phi) is 4.91. The van der Waals surface area contributed by atoms with E-state index in [0.717, 1.165) is 40.5 Å². The number of hydrogen-bond donors (Lipinski definition) is 1. The van der Waals surface area contributed by atoms with Gasteiger partial charge in [0.05, 0.1) is 26.4 Å². The molecular formula is C19H25BrO4. The average molecular weight is 397 g/mol. The summed E-state index contributed by atoms with van der Waals surface area (Å²) in [6, 6.07) is 0. The molecule has 0 radical (unpaired) electrons.